The van der Waals surface area contributed by atoms with Crippen LogP contribution in [0.25, 0.3) is 22.3 Å². The van der Waals surface area contributed by atoms with Crippen LogP contribution in [0.5, 0.6) is 0 Å². The number of rotatable bonds is 9. The number of hydrogen-bond donors (Lipinski definition) is 1. The van der Waals surface area contributed by atoms with Crippen molar-refractivity contribution in [3.63, 3.8) is 0 Å². The van der Waals surface area contributed by atoms with Gasteiger partial charge in [-0.15, -0.1) is 0 Å². The molecule has 0 atom stereocenters. The van der Waals surface area contributed by atoms with E-state index >= 15 is 0 Å². The van der Waals surface area contributed by atoms with Gasteiger partial charge in [0.2, 0.25) is 0 Å². The summed E-state index contributed by atoms with van der Waals surface area (Å²) in [4.78, 5) is 13.9. The molecule has 0 aliphatic heterocycles. The maximum Gasteiger partial charge on any atom is 0.309 e. The van der Waals surface area contributed by atoms with Gasteiger partial charge in [0.05, 0.1) is 11.2 Å². The van der Waals surface area contributed by atoms with Gasteiger partial charge in [-0.1, -0.05) is 92.1 Å². The zero-order chi connectivity index (χ0) is 32.0. The summed E-state index contributed by atoms with van der Waals surface area (Å²) < 4.78 is 6.14. The van der Waals surface area contributed by atoms with E-state index in [2.05, 4.69) is 116 Å². The first-order valence-corrected chi connectivity index (χ1v) is 15.5. The molecule has 0 spiro atoms. The van der Waals surface area contributed by atoms with Crippen molar-refractivity contribution in [1.29, 1.82) is 0 Å². The Kier molecular flexibility index (Phi) is 7.80. The lowest BCUT2D eigenvalue weighted by atomic mass is 9.81. The van der Waals surface area contributed by atoms with E-state index in [0.29, 0.717) is 13.0 Å². The molecule has 4 nitrogen and oxygen atoms in total. The first-order valence-electron chi connectivity index (χ1n) is 15.5. The number of anilines is 3. The molecule has 5 aromatic carbocycles. The summed E-state index contributed by atoms with van der Waals surface area (Å²) in [6.45, 7) is 11.8. The van der Waals surface area contributed by atoms with Gasteiger partial charge in [-0.25, -0.2) is 0 Å². The molecule has 0 fully saturated rings. The lowest BCUT2D eigenvalue weighted by Crippen LogP contribution is -2.49. The van der Waals surface area contributed by atoms with Crippen LogP contribution in [0.15, 0.2) is 115 Å². The fourth-order valence-corrected chi connectivity index (χ4v) is 6.02. The molecule has 0 unspecified atom stereocenters. The van der Waals surface area contributed by atoms with E-state index in [0.717, 1.165) is 34.4 Å². The number of fused-ring (bicyclic) bond motifs is 3. The third kappa shape index (κ3) is 5.74. The van der Waals surface area contributed by atoms with Crippen LogP contribution in [0, 0.1) is 0 Å². The molecule has 0 saturated heterocycles. The van der Waals surface area contributed by atoms with E-state index in [4.69, 9.17) is 4.65 Å². The molecule has 0 amide bonds. The number of nitrogens with zero attached hydrogens (tertiary/aromatic N) is 1. The minimum Gasteiger partial charge on any atom is -0.427 e. The molecule has 0 aromatic heterocycles. The Labute approximate surface area is 267 Å². The van der Waals surface area contributed by atoms with Crippen LogP contribution >= 0.6 is 0 Å². The van der Waals surface area contributed by atoms with Gasteiger partial charge in [0, 0.05) is 28.0 Å². The summed E-state index contributed by atoms with van der Waals surface area (Å²) in [6, 6.07) is 40.3. The Balaban J connectivity index is 1.39. The number of hydrogen-bond acceptors (Lipinski definition) is 4. The number of carbonyl (C=O) groups excluding carboxylic acids is 1. The van der Waals surface area contributed by atoms with Crippen molar-refractivity contribution in [3.8, 4) is 22.3 Å². The predicted molar refractivity (Wildman–Crippen MR) is 188 cm³/mol. The minimum atomic E-state index is -0.967. The standard InChI is InChI=1S/C40H40BNO3/c1-38(2)36-24-27(26-43)12-22-34(36)35-23-21-33(25-37(35)38)42(31-17-13-29(14-18-31)28-10-8-7-9-11-28)32-19-15-30(16-20-32)41-45-40(5,6)39(3,4)44/h7-26,41,44H,1-6H3. The summed E-state index contributed by atoms with van der Waals surface area (Å²) in [6.07, 6.45) is 0.923. The van der Waals surface area contributed by atoms with Gasteiger partial charge in [-0.2, -0.15) is 0 Å². The molecule has 5 aromatic rings. The Hall–Kier alpha value is -4.45. The third-order valence-corrected chi connectivity index (χ3v) is 9.58. The van der Waals surface area contributed by atoms with E-state index in [1.54, 1.807) is 13.8 Å². The molecule has 226 valence electrons. The topological polar surface area (TPSA) is 49.8 Å². The molecule has 0 radical (unpaired) electrons. The molecule has 45 heavy (non-hydrogen) atoms. The number of aliphatic hydroxyl groups is 1. The maximum atomic E-state index is 11.6. The fourth-order valence-electron chi connectivity index (χ4n) is 6.02. The fraction of sp³-hybridized carbons (Fsp3) is 0.225. The first kappa shape index (κ1) is 30.6. The van der Waals surface area contributed by atoms with Crippen molar-refractivity contribution in [2.24, 2.45) is 0 Å². The van der Waals surface area contributed by atoms with Gasteiger partial charge < -0.3 is 14.7 Å². The van der Waals surface area contributed by atoms with Gasteiger partial charge in [-0.05, 0) is 104 Å². The van der Waals surface area contributed by atoms with E-state index in [9.17, 15) is 9.90 Å². The second-order valence-corrected chi connectivity index (χ2v) is 13.6. The molecule has 1 aliphatic carbocycles. The van der Waals surface area contributed by atoms with Gasteiger partial charge in [0.15, 0.2) is 0 Å². The van der Waals surface area contributed by atoms with E-state index < -0.39 is 11.2 Å². The Bertz CT molecular complexity index is 1840. The molecule has 0 heterocycles. The lowest BCUT2D eigenvalue weighted by Gasteiger charge is -2.37. The Morgan fingerprint density at radius 1 is 0.689 bits per heavy atom. The van der Waals surface area contributed by atoms with Crippen molar-refractivity contribution in [3.05, 3.63) is 132 Å². The average molecular weight is 594 g/mol. The van der Waals surface area contributed by atoms with Crippen LogP contribution in [0.2, 0.25) is 0 Å². The summed E-state index contributed by atoms with van der Waals surface area (Å²) in [7, 11) is 0.400. The largest absolute Gasteiger partial charge is 0.427 e. The third-order valence-electron chi connectivity index (χ3n) is 9.58. The van der Waals surface area contributed by atoms with E-state index in [1.165, 1.54) is 27.8 Å². The molecular weight excluding hydrogens is 553 g/mol. The van der Waals surface area contributed by atoms with Gasteiger partial charge in [0.25, 0.3) is 0 Å². The predicted octanol–water partition coefficient (Wildman–Crippen LogP) is 8.49. The zero-order valence-electron chi connectivity index (χ0n) is 27.0. The van der Waals surface area contributed by atoms with Crippen LogP contribution in [-0.4, -0.2) is 30.1 Å². The molecule has 0 saturated carbocycles. The zero-order valence-corrected chi connectivity index (χ0v) is 27.0. The first-order chi connectivity index (χ1) is 21.4. The van der Waals surface area contributed by atoms with Gasteiger partial charge >= 0.3 is 7.48 Å². The van der Waals surface area contributed by atoms with Crippen LogP contribution in [0.3, 0.4) is 0 Å². The highest BCUT2D eigenvalue weighted by Crippen LogP contribution is 2.50. The molecule has 1 aliphatic rings. The van der Waals surface area contributed by atoms with Crippen LogP contribution in [0.4, 0.5) is 17.1 Å². The monoisotopic (exact) mass is 593 g/mol. The molecule has 1 N–H and O–H groups in total. The molecule has 6 rings (SSSR count). The number of carbonyl (C=O) groups is 1. The van der Waals surface area contributed by atoms with Crippen molar-refractivity contribution < 1.29 is 14.6 Å². The smallest absolute Gasteiger partial charge is 0.309 e. The second-order valence-electron chi connectivity index (χ2n) is 13.6. The quantitative estimate of drug-likeness (QED) is 0.138. The van der Waals surface area contributed by atoms with Crippen molar-refractivity contribution in [2.75, 3.05) is 4.90 Å². The van der Waals surface area contributed by atoms with Gasteiger partial charge in [0.1, 0.15) is 6.29 Å². The Morgan fingerprint density at radius 2 is 1.22 bits per heavy atom. The van der Waals surface area contributed by atoms with E-state index in [-0.39, 0.29) is 5.41 Å². The SMILES string of the molecule is CC1(C)c2cc(C=O)ccc2-c2ccc(N(c3ccc(BOC(C)(C)C(C)(C)O)cc3)c3ccc(-c4ccccc4)cc3)cc21. The van der Waals surface area contributed by atoms with Gasteiger partial charge in [-0.3, -0.25) is 4.79 Å². The Morgan fingerprint density at radius 3 is 1.82 bits per heavy atom. The number of benzene rings is 5. The highest BCUT2D eigenvalue weighted by atomic mass is 16.5. The normalized spacial score (nSPS) is 13.6. The van der Waals surface area contributed by atoms with Crippen LogP contribution in [-0.2, 0) is 10.1 Å². The summed E-state index contributed by atoms with van der Waals surface area (Å²) in [5, 5.41) is 10.5. The molecular formula is C40H40BNO3. The highest BCUT2D eigenvalue weighted by Gasteiger charge is 2.37. The second kappa shape index (κ2) is 11.5. The molecule has 0 bridgehead atoms. The van der Waals surface area contributed by atoms with Crippen molar-refractivity contribution >= 4 is 36.3 Å². The van der Waals surface area contributed by atoms with E-state index in [1.807, 2.05) is 32.0 Å². The molecule has 5 heteroatoms. The maximum absolute atomic E-state index is 11.6. The summed E-state index contributed by atoms with van der Waals surface area (Å²) >= 11 is 0. The lowest BCUT2D eigenvalue weighted by molar-refractivity contribution is -0.0893. The summed E-state index contributed by atoms with van der Waals surface area (Å²) in [5.41, 5.74) is 10.1. The number of aldehydes is 1. The minimum absolute atomic E-state index is 0.253. The summed E-state index contributed by atoms with van der Waals surface area (Å²) in [5.74, 6) is 0. The average Bonchev–Trinajstić information content (AvgIpc) is 3.26. The van der Waals surface area contributed by atoms with Crippen molar-refractivity contribution in [2.45, 2.75) is 58.2 Å². The van der Waals surface area contributed by atoms with Crippen LogP contribution < -0.4 is 10.4 Å². The van der Waals surface area contributed by atoms with Crippen LogP contribution in [0.1, 0.15) is 63.0 Å². The highest BCUT2D eigenvalue weighted by molar-refractivity contribution is 6.47. The van der Waals surface area contributed by atoms with Crippen molar-refractivity contribution in [1.82, 2.24) is 0 Å².